The molecule has 2 aromatic rings. The molecule has 2 rings (SSSR count). The van der Waals surface area contributed by atoms with Crippen molar-refractivity contribution in [1.29, 1.82) is 0 Å². The molecule has 0 unspecified atom stereocenters. The lowest BCUT2D eigenvalue weighted by atomic mass is 10.3. The minimum Gasteiger partial charge on any atom is -0.319 e. The van der Waals surface area contributed by atoms with E-state index in [4.69, 9.17) is 23.2 Å². The first kappa shape index (κ1) is 12.7. The summed E-state index contributed by atoms with van der Waals surface area (Å²) >= 11 is 11.4. The Bertz CT molecular complexity index is 589. The molecule has 4 nitrogen and oxygen atoms in total. The number of hydrogen-bond donors (Lipinski definition) is 1. The van der Waals surface area contributed by atoms with Gasteiger partial charge in [0.2, 0.25) is 0 Å². The summed E-state index contributed by atoms with van der Waals surface area (Å²) in [5.41, 5.74) is 0.221. The highest BCUT2D eigenvalue weighted by Crippen LogP contribution is 2.22. The molecule has 0 fully saturated rings. The van der Waals surface area contributed by atoms with Crippen molar-refractivity contribution >= 4 is 34.8 Å². The SMILES string of the molecule is O=C(Nc1cc(F)ccc1Cl)c1ccc(Cl)nn1. The summed E-state index contributed by atoms with van der Waals surface area (Å²) in [4.78, 5) is 11.8. The van der Waals surface area contributed by atoms with Gasteiger partial charge in [-0.3, -0.25) is 4.79 Å². The lowest BCUT2D eigenvalue weighted by Crippen LogP contribution is -2.14. The van der Waals surface area contributed by atoms with Crippen LogP contribution in [0.2, 0.25) is 10.2 Å². The first-order chi connectivity index (χ1) is 8.56. The number of halogens is 3. The molecule has 92 valence electrons. The number of anilines is 1. The zero-order valence-corrected chi connectivity index (χ0v) is 10.3. The Hall–Kier alpha value is -1.72. The fourth-order valence-electron chi connectivity index (χ4n) is 1.22. The molecule has 0 saturated heterocycles. The molecule has 0 aliphatic carbocycles. The van der Waals surface area contributed by atoms with Gasteiger partial charge in [-0.1, -0.05) is 23.2 Å². The van der Waals surface area contributed by atoms with E-state index < -0.39 is 11.7 Å². The van der Waals surface area contributed by atoms with Gasteiger partial charge < -0.3 is 5.32 Å². The van der Waals surface area contributed by atoms with Crippen LogP contribution in [0.25, 0.3) is 0 Å². The van der Waals surface area contributed by atoms with Gasteiger partial charge in [-0.15, -0.1) is 10.2 Å². The molecular formula is C11H6Cl2FN3O. The van der Waals surface area contributed by atoms with Crippen LogP contribution < -0.4 is 5.32 Å². The average molecular weight is 286 g/mol. The Morgan fingerprint density at radius 2 is 1.94 bits per heavy atom. The van der Waals surface area contributed by atoms with Crippen LogP contribution in [0.3, 0.4) is 0 Å². The van der Waals surface area contributed by atoms with E-state index in [1.54, 1.807) is 0 Å². The number of nitrogens with zero attached hydrogens (tertiary/aromatic N) is 2. The Kier molecular flexibility index (Phi) is 3.74. The van der Waals surface area contributed by atoms with Crippen molar-refractivity contribution in [2.75, 3.05) is 5.32 Å². The topological polar surface area (TPSA) is 54.9 Å². The minimum absolute atomic E-state index is 0.0553. The first-order valence-electron chi connectivity index (χ1n) is 4.82. The van der Waals surface area contributed by atoms with E-state index >= 15 is 0 Å². The summed E-state index contributed by atoms with van der Waals surface area (Å²) in [5.74, 6) is -1.05. The third-order valence-electron chi connectivity index (χ3n) is 2.04. The summed E-state index contributed by atoms with van der Waals surface area (Å²) in [7, 11) is 0. The van der Waals surface area contributed by atoms with Crippen LogP contribution in [0.4, 0.5) is 10.1 Å². The van der Waals surface area contributed by atoms with Crippen molar-refractivity contribution in [3.63, 3.8) is 0 Å². The van der Waals surface area contributed by atoms with E-state index in [2.05, 4.69) is 15.5 Å². The second kappa shape index (κ2) is 5.29. The van der Waals surface area contributed by atoms with E-state index in [0.29, 0.717) is 0 Å². The zero-order valence-electron chi connectivity index (χ0n) is 8.82. The van der Waals surface area contributed by atoms with E-state index in [1.165, 1.54) is 24.3 Å². The van der Waals surface area contributed by atoms with E-state index in [0.717, 1.165) is 6.07 Å². The average Bonchev–Trinajstić information content (AvgIpc) is 2.34. The van der Waals surface area contributed by atoms with Crippen molar-refractivity contribution in [1.82, 2.24) is 10.2 Å². The summed E-state index contributed by atoms with van der Waals surface area (Å²) in [6.07, 6.45) is 0. The predicted octanol–water partition coefficient (Wildman–Crippen LogP) is 3.17. The van der Waals surface area contributed by atoms with Gasteiger partial charge in [0.25, 0.3) is 5.91 Å². The standard InChI is InChI=1S/C11H6Cl2FN3O/c12-7-2-1-6(14)5-9(7)15-11(18)8-3-4-10(13)17-16-8/h1-5H,(H,15,18). The van der Waals surface area contributed by atoms with Crippen LogP contribution in [-0.4, -0.2) is 16.1 Å². The summed E-state index contributed by atoms with van der Waals surface area (Å²) in [5, 5.41) is 9.96. The molecule has 1 N–H and O–H groups in total. The van der Waals surface area contributed by atoms with Gasteiger partial charge in [-0.05, 0) is 30.3 Å². The highest BCUT2D eigenvalue weighted by Gasteiger charge is 2.11. The fraction of sp³-hybridized carbons (Fsp3) is 0. The summed E-state index contributed by atoms with van der Waals surface area (Å²) in [6, 6.07) is 6.48. The molecule has 1 heterocycles. The molecular weight excluding hydrogens is 280 g/mol. The smallest absolute Gasteiger partial charge is 0.276 e. The van der Waals surface area contributed by atoms with Gasteiger partial charge in [-0.2, -0.15) is 0 Å². The number of benzene rings is 1. The predicted molar refractivity (Wildman–Crippen MR) is 66.4 cm³/mol. The highest BCUT2D eigenvalue weighted by atomic mass is 35.5. The van der Waals surface area contributed by atoms with Crippen molar-refractivity contribution in [3.05, 3.63) is 52.0 Å². The quantitative estimate of drug-likeness (QED) is 0.922. The molecule has 0 atom stereocenters. The molecule has 0 radical (unpaired) electrons. The maximum atomic E-state index is 13.0. The number of hydrogen-bond acceptors (Lipinski definition) is 3. The third kappa shape index (κ3) is 2.94. The molecule has 0 aliphatic heterocycles. The lowest BCUT2D eigenvalue weighted by molar-refractivity contribution is 0.102. The highest BCUT2D eigenvalue weighted by molar-refractivity contribution is 6.33. The van der Waals surface area contributed by atoms with Crippen molar-refractivity contribution in [2.24, 2.45) is 0 Å². The maximum absolute atomic E-state index is 13.0. The van der Waals surface area contributed by atoms with Crippen LogP contribution in [-0.2, 0) is 0 Å². The second-order valence-electron chi connectivity index (χ2n) is 3.32. The second-order valence-corrected chi connectivity index (χ2v) is 4.11. The molecule has 0 aliphatic rings. The zero-order chi connectivity index (χ0) is 13.1. The molecule has 1 aromatic carbocycles. The number of carbonyl (C=O) groups excluding carboxylic acids is 1. The van der Waals surface area contributed by atoms with Gasteiger partial charge in [0.1, 0.15) is 5.82 Å². The molecule has 7 heteroatoms. The number of nitrogens with one attached hydrogen (secondary N) is 1. The van der Waals surface area contributed by atoms with E-state index in [1.807, 2.05) is 0 Å². The van der Waals surface area contributed by atoms with Gasteiger partial charge in [0.15, 0.2) is 10.8 Å². The van der Waals surface area contributed by atoms with Gasteiger partial charge in [0, 0.05) is 0 Å². The molecule has 1 aromatic heterocycles. The van der Waals surface area contributed by atoms with Crippen molar-refractivity contribution in [2.45, 2.75) is 0 Å². The maximum Gasteiger partial charge on any atom is 0.276 e. The number of aromatic nitrogens is 2. The summed E-state index contributed by atoms with van der Waals surface area (Å²) in [6.45, 7) is 0. The largest absolute Gasteiger partial charge is 0.319 e. The molecule has 1 amide bonds. The lowest BCUT2D eigenvalue weighted by Gasteiger charge is -2.06. The van der Waals surface area contributed by atoms with Gasteiger partial charge in [0.05, 0.1) is 10.7 Å². The molecule has 0 bridgehead atoms. The Morgan fingerprint density at radius 1 is 1.17 bits per heavy atom. The number of carbonyl (C=O) groups is 1. The van der Waals surface area contributed by atoms with E-state index in [9.17, 15) is 9.18 Å². The Morgan fingerprint density at radius 3 is 2.61 bits per heavy atom. The number of rotatable bonds is 2. The third-order valence-corrected chi connectivity index (χ3v) is 2.57. The minimum atomic E-state index is -0.549. The monoisotopic (exact) mass is 285 g/mol. The van der Waals surface area contributed by atoms with Crippen LogP contribution in [0, 0.1) is 5.82 Å². The summed E-state index contributed by atoms with van der Waals surface area (Å²) < 4.78 is 13.0. The van der Waals surface area contributed by atoms with Crippen molar-refractivity contribution < 1.29 is 9.18 Å². The van der Waals surface area contributed by atoms with Crippen LogP contribution in [0.15, 0.2) is 30.3 Å². The Balaban J connectivity index is 2.21. The van der Waals surface area contributed by atoms with E-state index in [-0.39, 0.29) is 21.6 Å². The van der Waals surface area contributed by atoms with Gasteiger partial charge >= 0.3 is 0 Å². The van der Waals surface area contributed by atoms with Crippen LogP contribution in [0.1, 0.15) is 10.5 Å². The van der Waals surface area contributed by atoms with Gasteiger partial charge in [-0.25, -0.2) is 4.39 Å². The van der Waals surface area contributed by atoms with Crippen LogP contribution in [0.5, 0.6) is 0 Å². The molecule has 18 heavy (non-hydrogen) atoms. The number of amides is 1. The van der Waals surface area contributed by atoms with Crippen molar-refractivity contribution in [3.8, 4) is 0 Å². The molecule has 0 saturated carbocycles. The first-order valence-corrected chi connectivity index (χ1v) is 5.57. The molecule has 0 spiro atoms. The fourth-order valence-corrected chi connectivity index (χ4v) is 1.48. The van der Waals surface area contributed by atoms with Crippen LogP contribution >= 0.6 is 23.2 Å². The Labute approximate surface area is 112 Å². The normalized spacial score (nSPS) is 10.2.